The normalized spacial score (nSPS) is 17.7. The summed E-state index contributed by atoms with van der Waals surface area (Å²) in [5.41, 5.74) is 0.796. The molecule has 1 atom stereocenters. The fourth-order valence-corrected chi connectivity index (χ4v) is 5.50. The first kappa shape index (κ1) is 22.3. The Labute approximate surface area is 175 Å². The quantitative estimate of drug-likeness (QED) is 0.644. The second-order valence-corrected chi connectivity index (χ2v) is 10.4. The van der Waals surface area contributed by atoms with E-state index in [-0.39, 0.29) is 22.9 Å². The van der Waals surface area contributed by atoms with Crippen molar-refractivity contribution in [3.63, 3.8) is 0 Å². The number of sulfonamides is 2. The number of primary sulfonamides is 1. The summed E-state index contributed by atoms with van der Waals surface area (Å²) < 4.78 is 62.5. The van der Waals surface area contributed by atoms with Crippen molar-refractivity contribution in [2.75, 3.05) is 13.1 Å². The van der Waals surface area contributed by atoms with E-state index >= 15 is 0 Å². The van der Waals surface area contributed by atoms with Crippen molar-refractivity contribution < 1.29 is 26.0 Å². The molecule has 1 fully saturated rings. The second kappa shape index (κ2) is 8.80. The summed E-state index contributed by atoms with van der Waals surface area (Å²) in [6.07, 6.45) is 1.39. The predicted octanol–water partition coefficient (Wildman–Crippen LogP) is 0.985. The first-order valence-corrected chi connectivity index (χ1v) is 12.2. The molecule has 1 amide bonds. The van der Waals surface area contributed by atoms with Crippen molar-refractivity contribution in [2.45, 2.75) is 35.1 Å². The van der Waals surface area contributed by atoms with Gasteiger partial charge in [0.25, 0.3) is 0 Å². The summed E-state index contributed by atoms with van der Waals surface area (Å²) in [5, 5.41) is 7.79. The van der Waals surface area contributed by atoms with Gasteiger partial charge in [0, 0.05) is 13.1 Å². The molecule has 2 aromatic carbocycles. The van der Waals surface area contributed by atoms with E-state index in [1.54, 1.807) is 12.1 Å². The average Bonchev–Trinajstić information content (AvgIpc) is 3.19. The van der Waals surface area contributed by atoms with Crippen LogP contribution in [0.4, 0.5) is 4.39 Å². The van der Waals surface area contributed by atoms with Crippen LogP contribution in [0.25, 0.3) is 0 Å². The highest BCUT2D eigenvalue weighted by Gasteiger charge is 2.39. The lowest BCUT2D eigenvalue weighted by Gasteiger charge is -2.23. The number of hydrogen-bond acceptors (Lipinski definition) is 5. The van der Waals surface area contributed by atoms with Gasteiger partial charge in [-0.3, -0.25) is 4.79 Å². The van der Waals surface area contributed by atoms with Gasteiger partial charge in [-0.2, -0.15) is 4.31 Å². The number of nitrogens with zero attached hydrogens (tertiary/aromatic N) is 1. The Hall–Kier alpha value is -2.34. The first-order chi connectivity index (χ1) is 14.1. The molecule has 1 aliphatic heterocycles. The van der Waals surface area contributed by atoms with Crippen molar-refractivity contribution in [3.05, 3.63) is 59.9 Å². The van der Waals surface area contributed by atoms with Crippen LogP contribution < -0.4 is 10.5 Å². The molecule has 162 valence electrons. The van der Waals surface area contributed by atoms with Crippen molar-refractivity contribution in [1.29, 1.82) is 0 Å². The number of rotatable bonds is 7. The lowest BCUT2D eigenvalue weighted by molar-refractivity contribution is -0.124. The van der Waals surface area contributed by atoms with Crippen LogP contribution in [-0.2, 0) is 31.3 Å². The van der Waals surface area contributed by atoms with Gasteiger partial charge in [0.2, 0.25) is 26.0 Å². The molecule has 30 heavy (non-hydrogen) atoms. The van der Waals surface area contributed by atoms with Gasteiger partial charge in [0.05, 0.1) is 9.79 Å². The van der Waals surface area contributed by atoms with Gasteiger partial charge in [-0.15, -0.1) is 0 Å². The predicted molar refractivity (Wildman–Crippen MR) is 108 cm³/mol. The van der Waals surface area contributed by atoms with Gasteiger partial charge < -0.3 is 5.32 Å². The highest BCUT2D eigenvalue weighted by Crippen LogP contribution is 2.26. The number of benzene rings is 2. The maximum Gasteiger partial charge on any atom is 0.243 e. The highest BCUT2D eigenvalue weighted by atomic mass is 32.2. The molecule has 0 aromatic heterocycles. The van der Waals surface area contributed by atoms with Crippen LogP contribution >= 0.6 is 0 Å². The van der Waals surface area contributed by atoms with E-state index in [1.807, 2.05) is 0 Å². The summed E-state index contributed by atoms with van der Waals surface area (Å²) in [7, 11) is -7.67. The van der Waals surface area contributed by atoms with Crippen molar-refractivity contribution in [3.8, 4) is 0 Å². The van der Waals surface area contributed by atoms with Gasteiger partial charge in [-0.25, -0.2) is 26.4 Å². The summed E-state index contributed by atoms with van der Waals surface area (Å²) in [4.78, 5) is 12.5. The van der Waals surface area contributed by atoms with E-state index in [0.29, 0.717) is 19.3 Å². The summed E-state index contributed by atoms with van der Waals surface area (Å²) >= 11 is 0. The van der Waals surface area contributed by atoms with Crippen LogP contribution in [0.5, 0.6) is 0 Å². The average molecular weight is 456 g/mol. The summed E-state index contributed by atoms with van der Waals surface area (Å²) in [6, 6.07) is 9.66. The van der Waals surface area contributed by atoms with Gasteiger partial charge >= 0.3 is 0 Å². The molecule has 1 aliphatic rings. The molecular weight excluding hydrogens is 433 g/mol. The minimum atomic E-state index is -3.91. The Balaban J connectivity index is 1.61. The molecule has 8 nitrogen and oxygen atoms in total. The Kier molecular flexibility index (Phi) is 6.56. The molecule has 0 saturated carbocycles. The van der Waals surface area contributed by atoms with Crippen molar-refractivity contribution in [1.82, 2.24) is 9.62 Å². The molecule has 0 bridgehead atoms. The van der Waals surface area contributed by atoms with Gasteiger partial charge in [-0.1, -0.05) is 12.1 Å². The lowest BCUT2D eigenvalue weighted by atomic mass is 10.1. The molecule has 1 heterocycles. The zero-order chi connectivity index (χ0) is 21.9. The van der Waals surface area contributed by atoms with Crippen LogP contribution in [0.2, 0.25) is 0 Å². The topological polar surface area (TPSA) is 127 Å². The molecule has 0 spiro atoms. The van der Waals surface area contributed by atoms with E-state index in [0.717, 1.165) is 22.0 Å². The fraction of sp³-hybridized carbons (Fsp3) is 0.316. The maximum absolute atomic E-state index is 13.1. The van der Waals surface area contributed by atoms with E-state index in [9.17, 15) is 26.0 Å². The molecule has 2 aromatic rings. The van der Waals surface area contributed by atoms with E-state index in [4.69, 9.17) is 5.14 Å². The van der Waals surface area contributed by atoms with E-state index in [2.05, 4.69) is 5.32 Å². The lowest BCUT2D eigenvalue weighted by Crippen LogP contribution is -2.46. The number of amides is 1. The fourth-order valence-electron chi connectivity index (χ4n) is 3.33. The van der Waals surface area contributed by atoms with Crippen LogP contribution in [0.15, 0.2) is 58.3 Å². The van der Waals surface area contributed by atoms with E-state index in [1.165, 1.54) is 24.3 Å². The standard InChI is InChI=1S/C19H22FN3O5S2/c20-15-5-9-17(10-6-15)30(27,28)23-13-1-2-18(23)19(24)22-12-11-14-3-7-16(8-4-14)29(21,25)26/h3-10,18H,1-2,11-13H2,(H,22,24)(H2,21,25,26)/t18-/m1/s1. The van der Waals surface area contributed by atoms with Gasteiger partial charge in [0.1, 0.15) is 11.9 Å². The zero-order valence-electron chi connectivity index (χ0n) is 16.0. The Bertz CT molecular complexity index is 1120. The van der Waals surface area contributed by atoms with Crippen molar-refractivity contribution in [2.24, 2.45) is 5.14 Å². The molecule has 11 heteroatoms. The Morgan fingerprint density at radius 2 is 1.63 bits per heavy atom. The van der Waals surface area contributed by atoms with Crippen LogP contribution in [0.3, 0.4) is 0 Å². The summed E-state index contributed by atoms with van der Waals surface area (Å²) in [6.45, 7) is 0.474. The van der Waals surface area contributed by atoms with Crippen LogP contribution in [0, 0.1) is 5.82 Å². The second-order valence-electron chi connectivity index (χ2n) is 6.96. The first-order valence-electron chi connectivity index (χ1n) is 9.26. The number of nitrogens with one attached hydrogen (secondary N) is 1. The van der Waals surface area contributed by atoms with Crippen molar-refractivity contribution >= 4 is 26.0 Å². The van der Waals surface area contributed by atoms with Crippen LogP contribution in [0.1, 0.15) is 18.4 Å². The van der Waals surface area contributed by atoms with Gasteiger partial charge in [0.15, 0.2) is 0 Å². The molecule has 0 radical (unpaired) electrons. The molecule has 1 saturated heterocycles. The number of halogens is 1. The number of nitrogens with two attached hydrogens (primary N) is 1. The number of carbonyl (C=O) groups is 1. The SMILES string of the molecule is NS(=O)(=O)c1ccc(CCNC(=O)[C@H]2CCCN2S(=O)(=O)c2ccc(F)cc2)cc1. The third-order valence-corrected chi connectivity index (χ3v) is 7.74. The number of hydrogen-bond donors (Lipinski definition) is 2. The Morgan fingerprint density at radius 3 is 2.23 bits per heavy atom. The summed E-state index contributed by atoms with van der Waals surface area (Å²) in [5.74, 6) is -0.943. The monoisotopic (exact) mass is 455 g/mol. The molecule has 0 unspecified atom stereocenters. The number of carbonyl (C=O) groups excluding carboxylic acids is 1. The highest BCUT2D eigenvalue weighted by molar-refractivity contribution is 7.89. The molecule has 0 aliphatic carbocycles. The minimum absolute atomic E-state index is 0.00267. The van der Waals surface area contributed by atoms with Gasteiger partial charge in [-0.05, 0) is 61.2 Å². The third kappa shape index (κ3) is 5.04. The zero-order valence-corrected chi connectivity index (χ0v) is 17.6. The van der Waals surface area contributed by atoms with E-state index < -0.39 is 37.8 Å². The third-order valence-electron chi connectivity index (χ3n) is 4.89. The Morgan fingerprint density at radius 1 is 1.03 bits per heavy atom. The van der Waals surface area contributed by atoms with Crippen LogP contribution in [-0.4, -0.2) is 46.2 Å². The molecule has 3 N–H and O–H groups in total. The smallest absolute Gasteiger partial charge is 0.243 e. The minimum Gasteiger partial charge on any atom is -0.354 e. The largest absolute Gasteiger partial charge is 0.354 e. The maximum atomic E-state index is 13.1. The molecular formula is C19H22FN3O5S2. The molecule has 3 rings (SSSR count).